The van der Waals surface area contributed by atoms with Crippen LogP contribution in [-0.2, 0) is 21.7 Å². The Bertz CT molecular complexity index is 3560. The Kier molecular flexibility index (Phi) is 8.44. The molecule has 9 aromatic carbocycles. The van der Waals surface area contributed by atoms with Crippen LogP contribution in [0, 0.1) is 0 Å². The van der Waals surface area contributed by atoms with E-state index in [2.05, 4.69) is 258 Å². The molecule has 0 amide bonds. The first-order chi connectivity index (χ1) is 32.8. The molecule has 0 fully saturated rings. The van der Waals surface area contributed by atoms with E-state index in [4.69, 9.17) is 0 Å². The summed E-state index contributed by atoms with van der Waals surface area (Å²) >= 11 is 0. The summed E-state index contributed by atoms with van der Waals surface area (Å²) in [6, 6.07) is 73.5. The smallest absolute Gasteiger partial charge is 0.0634 e. The van der Waals surface area contributed by atoms with Crippen LogP contribution in [0.2, 0.25) is 0 Å². The lowest BCUT2D eigenvalue weighted by atomic mass is 9.77. The summed E-state index contributed by atoms with van der Waals surface area (Å²) in [6.07, 6.45) is 0. The Balaban J connectivity index is 1.21. The molecule has 2 heteroatoms. The average molecular weight is 877 g/mol. The number of rotatable bonds is 8. The molecule has 68 heavy (non-hydrogen) atoms. The van der Waals surface area contributed by atoms with Gasteiger partial charge in [-0.05, 0) is 68.8 Å². The van der Waals surface area contributed by atoms with Crippen molar-refractivity contribution in [1.82, 2.24) is 8.80 Å². The molecule has 0 unspecified atom stereocenters. The Labute approximate surface area is 398 Å². The van der Waals surface area contributed by atoms with E-state index in [9.17, 15) is 0 Å². The minimum absolute atomic E-state index is 0.207. The Morgan fingerprint density at radius 3 is 0.647 bits per heavy atom. The molecule has 13 rings (SSSR count). The fraction of sp³-hybridized carbons (Fsp3) is 0.182. The van der Waals surface area contributed by atoms with Crippen molar-refractivity contribution in [2.75, 3.05) is 0 Å². The normalized spacial score (nSPS) is 13.3. The number of aromatic nitrogens is 2. The minimum Gasteiger partial charge on any atom is -0.308 e. The summed E-state index contributed by atoms with van der Waals surface area (Å²) in [5.74, 6) is 0. The van der Waals surface area contributed by atoms with Gasteiger partial charge in [0.05, 0.1) is 33.1 Å². The molecule has 0 atom stereocenters. The molecule has 13 aromatic rings. The second kappa shape index (κ2) is 14.1. The van der Waals surface area contributed by atoms with Crippen LogP contribution in [0.5, 0.6) is 0 Å². The van der Waals surface area contributed by atoms with E-state index >= 15 is 0 Å². The molecule has 0 spiro atoms. The van der Waals surface area contributed by atoms with Crippen LogP contribution < -0.4 is 0 Å². The molecular formula is C66H56N2. The predicted octanol–water partition coefficient (Wildman–Crippen LogP) is 17.3. The van der Waals surface area contributed by atoms with E-state index in [0.717, 1.165) is 0 Å². The van der Waals surface area contributed by atoms with Crippen LogP contribution in [0.1, 0.15) is 99.9 Å². The van der Waals surface area contributed by atoms with Gasteiger partial charge in [0.15, 0.2) is 0 Å². The maximum atomic E-state index is 2.65. The third-order valence-corrected chi connectivity index (χ3v) is 16.8. The standard InChI is InChI=1S/C66H56N2/c1-63(2,41-21-13-9-14-22-41)45-29-33-49-53(37-45)67-54-38-46(64(3,4)42-23-15-10-16-24-42)30-34-50(54)59-60-52-36-32-48(66(7,8)44-27-19-12-20-28-44)40-56(52)68-55-39-47(65(5,6)43-25-17-11-18-26-43)31-35-51(55)58(62(60)68)57(49)61(59)67/h9-40H,1-8H3. The van der Waals surface area contributed by atoms with E-state index in [1.54, 1.807) is 0 Å². The molecule has 0 bridgehead atoms. The number of hydrogen-bond acceptors (Lipinski definition) is 0. The van der Waals surface area contributed by atoms with Gasteiger partial charge < -0.3 is 8.80 Å². The van der Waals surface area contributed by atoms with Crippen molar-refractivity contribution in [3.63, 3.8) is 0 Å². The molecular weight excluding hydrogens is 821 g/mol. The molecule has 0 N–H and O–H groups in total. The summed E-state index contributed by atoms with van der Waals surface area (Å²) in [7, 11) is 0. The Morgan fingerprint density at radius 1 is 0.235 bits per heavy atom. The van der Waals surface area contributed by atoms with E-state index in [0.29, 0.717) is 0 Å². The van der Waals surface area contributed by atoms with Gasteiger partial charge in [0.2, 0.25) is 0 Å². The monoisotopic (exact) mass is 876 g/mol. The maximum absolute atomic E-state index is 2.65. The lowest BCUT2D eigenvalue weighted by Gasteiger charge is -2.27. The van der Waals surface area contributed by atoms with Gasteiger partial charge in [0, 0.05) is 64.7 Å². The minimum atomic E-state index is -0.207. The second-order valence-corrected chi connectivity index (χ2v) is 21.8. The van der Waals surface area contributed by atoms with Gasteiger partial charge in [-0.2, -0.15) is 0 Å². The molecule has 330 valence electrons. The summed E-state index contributed by atoms with van der Waals surface area (Å²) in [5, 5.41) is 10.6. The van der Waals surface area contributed by atoms with Crippen molar-refractivity contribution in [2.24, 2.45) is 0 Å². The van der Waals surface area contributed by atoms with Crippen molar-refractivity contribution in [1.29, 1.82) is 0 Å². The van der Waals surface area contributed by atoms with E-state index in [1.165, 1.54) is 121 Å². The van der Waals surface area contributed by atoms with Gasteiger partial charge in [-0.25, -0.2) is 0 Å². The largest absolute Gasteiger partial charge is 0.308 e. The molecule has 0 aliphatic heterocycles. The highest BCUT2D eigenvalue weighted by molar-refractivity contribution is 6.45. The highest BCUT2D eigenvalue weighted by atomic mass is 14.9. The van der Waals surface area contributed by atoms with Gasteiger partial charge >= 0.3 is 0 Å². The molecule has 4 aromatic heterocycles. The van der Waals surface area contributed by atoms with Crippen LogP contribution in [0.3, 0.4) is 0 Å². The molecule has 0 saturated heterocycles. The molecule has 0 aliphatic carbocycles. The first-order valence-corrected chi connectivity index (χ1v) is 24.4. The number of hydrogen-bond donors (Lipinski definition) is 0. The van der Waals surface area contributed by atoms with E-state index in [1.807, 2.05) is 0 Å². The summed E-state index contributed by atoms with van der Waals surface area (Å²) in [4.78, 5) is 0. The van der Waals surface area contributed by atoms with Crippen molar-refractivity contribution < 1.29 is 0 Å². The highest BCUT2D eigenvalue weighted by Crippen LogP contribution is 2.53. The Morgan fingerprint density at radius 2 is 0.441 bits per heavy atom. The molecule has 0 saturated carbocycles. The fourth-order valence-electron chi connectivity index (χ4n) is 12.3. The Hall–Kier alpha value is -7.42. The van der Waals surface area contributed by atoms with Gasteiger partial charge in [-0.1, -0.05) is 225 Å². The third kappa shape index (κ3) is 5.46. The number of benzene rings is 9. The van der Waals surface area contributed by atoms with Gasteiger partial charge in [0.25, 0.3) is 0 Å². The highest BCUT2D eigenvalue weighted by Gasteiger charge is 2.34. The molecule has 2 nitrogen and oxygen atoms in total. The summed E-state index contributed by atoms with van der Waals surface area (Å²) < 4.78 is 5.31. The quantitative estimate of drug-likeness (QED) is 0.144. The van der Waals surface area contributed by atoms with Gasteiger partial charge in [-0.15, -0.1) is 0 Å². The second-order valence-electron chi connectivity index (χ2n) is 21.8. The summed E-state index contributed by atoms with van der Waals surface area (Å²) in [6.45, 7) is 19.0. The lowest BCUT2D eigenvalue weighted by molar-refractivity contribution is 0.641. The van der Waals surface area contributed by atoms with Crippen molar-refractivity contribution in [3.05, 3.63) is 239 Å². The molecule has 0 radical (unpaired) electrons. The summed E-state index contributed by atoms with van der Waals surface area (Å²) in [5.41, 5.74) is 17.3. The van der Waals surface area contributed by atoms with Gasteiger partial charge in [-0.3, -0.25) is 0 Å². The van der Waals surface area contributed by atoms with Crippen molar-refractivity contribution in [3.8, 4) is 0 Å². The van der Waals surface area contributed by atoms with Crippen LogP contribution in [0.25, 0.3) is 76.2 Å². The molecule has 0 aliphatic rings. The zero-order chi connectivity index (χ0) is 46.5. The maximum Gasteiger partial charge on any atom is 0.0634 e. The van der Waals surface area contributed by atoms with Crippen LogP contribution >= 0.6 is 0 Å². The third-order valence-electron chi connectivity index (χ3n) is 16.8. The number of nitrogens with zero attached hydrogens (tertiary/aromatic N) is 2. The van der Waals surface area contributed by atoms with Crippen LogP contribution in [-0.4, -0.2) is 8.80 Å². The first kappa shape index (κ1) is 40.8. The van der Waals surface area contributed by atoms with Crippen molar-refractivity contribution in [2.45, 2.75) is 77.0 Å². The topological polar surface area (TPSA) is 8.82 Å². The zero-order valence-electron chi connectivity index (χ0n) is 40.4. The van der Waals surface area contributed by atoms with E-state index in [-0.39, 0.29) is 21.7 Å². The predicted molar refractivity (Wildman–Crippen MR) is 290 cm³/mol. The van der Waals surface area contributed by atoms with Crippen molar-refractivity contribution >= 4 is 76.2 Å². The lowest BCUT2D eigenvalue weighted by Crippen LogP contribution is -2.19. The van der Waals surface area contributed by atoms with Crippen LogP contribution in [0.4, 0.5) is 0 Å². The van der Waals surface area contributed by atoms with Gasteiger partial charge in [0.1, 0.15) is 0 Å². The number of fused-ring (bicyclic) bond motifs is 14. The SMILES string of the molecule is CC(C)(c1ccccc1)c1ccc2c3c4c5ccc(C(C)(C)c6ccccc6)cc5n5c6cc(C(C)(C)c7ccccc7)ccc6c(c6c7ccc(C(C)(C)c8ccccc8)cc7n(c2c1)c36)c45. The fourth-order valence-corrected chi connectivity index (χ4v) is 12.3. The first-order valence-electron chi connectivity index (χ1n) is 24.4. The zero-order valence-corrected chi connectivity index (χ0v) is 40.4. The van der Waals surface area contributed by atoms with Crippen LogP contribution in [0.15, 0.2) is 194 Å². The average Bonchev–Trinajstić information content (AvgIpc) is 4.10. The molecule has 4 heterocycles. The van der Waals surface area contributed by atoms with E-state index < -0.39 is 0 Å².